The molecule has 1 N–H and O–H groups in total. The second kappa shape index (κ2) is 9.65. The summed E-state index contributed by atoms with van der Waals surface area (Å²) in [6.45, 7) is 2.23. The molecule has 0 saturated heterocycles. The number of carbonyl (C=O) groups excluding carboxylic acids is 1. The Morgan fingerprint density at radius 2 is 1.90 bits per heavy atom. The summed E-state index contributed by atoms with van der Waals surface area (Å²) in [5, 5.41) is 8.91. The Kier molecular flexibility index (Phi) is 6.73. The molecule has 4 nitrogen and oxygen atoms in total. The first kappa shape index (κ1) is 20.9. The number of hydrogen-bond donors (Lipinski definition) is 1. The van der Waals surface area contributed by atoms with E-state index in [0.717, 1.165) is 50.0 Å². The summed E-state index contributed by atoms with van der Waals surface area (Å²) in [5.41, 5.74) is 3.76. The first-order chi connectivity index (χ1) is 14.6. The van der Waals surface area contributed by atoms with E-state index in [9.17, 15) is 4.79 Å². The van der Waals surface area contributed by atoms with Crippen molar-refractivity contribution in [1.29, 1.82) is 0 Å². The van der Waals surface area contributed by atoms with Crippen molar-refractivity contribution in [3.8, 4) is 11.5 Å². The molecule has 0 aromatic heterocycles. The lowest BCUT2D eigenvalue weighted by Crippen LogP contribution is -2.28. The average molecular weight is 409 g/mol. The van der Waals surface area contributed by atoms with E-state index in [0.29, 0.717) is 18.6 Å². The van der Waals surface area contributed by atoms with Crippen molar-refractivity contribution in [1.82, 2.24) is 0 Å². The fraction of sp³-hybridized carbons (Fsp3) is 0.500. The lowest BCUT2D eigenvalue weighted by molar-refractivity contribution is -0.124. The van der Waals surface area contributed by atoms with Crippen LogP contribution in [-0.2, 0) is 11.2 Å². The molecule has 1 aliphatic carbocycles. The highest BCUT2D eigenvalue weighted by Gasteiger charge is 2.27. The van der Waals surface area contributed by atoms with Crippen LogP contribution in [0.4, 0.5) is 0 Å². The molecule has 1 saturated carbocycles. The van der Waals surface area contributed by atoms with Crippen LogP contribution in [0.2, 0.25) is 0 Å². The molecule has 2 aliphatic rings. The molecule has 0 amide bonds. The number of fused-ring (bicyclic) bond motifs is 1. The van der Waals surface area contributed by atoms with Crippen molar-refractivity contribution in [3.05, 3.63) is 59.2 Å². The molecular weight excluding hydrogens is 376 g/mol. The topological polar surface area (TPSA) is 55.8 Å². The molecule has 4 rings (SSSR count). The highest BCUT2D eigenvalue weighted by molar-refractivity contribution is 5.81. The zero-order valence-corrected chi connectivity index (χ0v) is 17.8. The van der Waals surface area contributed by atoms with Crippen molar-refractivity contribution < 1.29 is 19.4 Å². The zero-order chi connectivity index (χ0) is 20.9. The van der Waals surface area contributed by atoms with Crippen LogP contribution in [0, 0.1) is 12.8 Å². The Morgan fingerprint density at radius 3 is 2.67 bits per heavy atom. The molecule has 2 aromatic carbocycles. The van der Waals surface area contributed by atoms with E-state index in [4.69, 9.17) is 14.6 Å². The van der Waals surface area contributed by atoms with Gasteiger partial charge in [0.2, 0.25) is 0 Å². The third-order valence-corrected chi connectivity index (χ3v) is 6.53. The summed E-state index contributed by atoms with van der Waals surface area (Å²) in [4.78, 5) is 12.2. The molecule has 1 aliphatic heterocycles. The van der Waals surface area contributed by atoms with Crippen molar-refractivity contribution in [2.24, 2.45) is 5.92 Å². The van der Waals surface area contributed by atoms with Crippen LogP contribution in [0.15, 0.2) is 42.5 Å². The first-order valence-corrected chi connectivity index (χ1v) is 11.3. The minimum absolute atomic E-state index is 0.0952. The molecule has 1 fully saturated rings. The first-order valence-electron chi connectivity index (χ1n) is 11.3. The van der Waals surface area contributed by atoms with E-state index in [1.807, 2.05) is 12.1 Å². The van der Waals surface area contributed by atoms with Crippen LogP contribution >= 0.6 is 0 Å². The standard InChI is InChI=1S/C26H32O4/c1-18-5-2-3-6-23(18)26-14-10-20-17-22(13-15-25(20)30-26)29-21-11-8-19(9-12-21)24(28)7-4-16-27/h2-3,5-6,13,15,17,19,21,26-27H,4,7-12,14,16H2,1H3. The fourth-order valence-electron chi connectivity index (χ4n) is 4.76. The van der Waals surface area contributed by atoms with E-state index in [-0.39, 0.29) is 24.7 Å². The molecule has 1 heterocycles. The lowest BCUT2D eigenvalue weighted by Gasteiger charge is -2.30. The van der Waals surface area contributed by atoms with Gasteiger partial charge in [0.25, 0.3) is 0 Å². The molecule has 1 atom stereocenters. The second-order valence-corrected chi connectivity index (χ2v) is 8.66. The number of ether oxygens (including phenoxy) is 2. The van der Waals surface area contributed by atoms with Crippen molar-refractivity contribution >= 4 is 5.78 Å². The normalized spacial score (nSPS) is 23.3. The summed E-state index contributed by atoms with van der Waals surface area (Å²) in [5.74, 6) is 2.31. The van der Waals surface area contributed by atoms with E-state index in [1.165, 1.54) is 16.7 Å². The number of aryl methyl sites for hydroxylation is 2. The number of ketones is 1. The summed E-state index contributed by atoms with van der Waals surface area (Å²) in [6.07, 6.45) is 6.94. The van der Waals surface area contributed by atoms with Gasteiger partial charge in [0.05, 0.1) is 6.10 Å². The third kappa shape index (κ3) is 4.86. The highest BCUT2D eigenvalue weighted by Crippen LogP contribution is 2.38. The predicted molar refractivity (Wildman–Crippen MR) is 117 cm³/mol. The molecule has 1 unspecified atom stereocenters. The van der Waals surface area contributed by atoms with Gasteiger partial charge in [-0.2, -0.15) is 0 Å². The number of benzene rings is 2. The molecule has 4 heteroatoms. The number of Topliss-reactive ketones (excluding diaryl/α,β-unsaturated/α-hetero) is 1. The number of carbonyl (C=O) groups is 1. The smallest absolute Gasteiger partial charge is 0.136 e. The van der Waals surface area contributed by atoms with Crippen molar-refractivity contribution in [2.45, 2.75) is 70.5 Å². The van der Waals surface area contributed by atoms with Crippen LogP contribution in [0.5, 0.6) is 11.5 Å². The van der Waals surface area contributed by atoms with Gasteiger partial charge >= 0.3 is 0 Å². The Labute approximate surface area is 179 Å². The quantitative estimate of drug-likeness (QED) is 0.672. The van der Waals surface area contributed by atoms with Gasteiger partial charge in [0.1, 0.15) is 23.4 Å². The second-order valence-electron chi connectivity index (χ2n) is 8.66. The maximum absolute atomic E-state index is 12.2. The minimum atomic E-state index is 0.0952. The van der Waals surface area contributed by atoms with E-state index in [1.54, 1.807) is 0 Å². The number of rotatable bonds is 7. The van der Waals surface area contributed by atoms with Gasteiger partial charge in [-0.15, -0.1) is 0 Å². The van der Waals surface area contributed by atoms with Gasteiger partial charge < -0.3 is 14.6 Å². The average Bonchev–Trinajstić information content (AvgIpc) is 2.78. The molecule has 0 spiro atoms. The predicted octanol–water partition coefficient (Wildman–Crippen LogP) is 5.34. The van der Waals surface area contributed by atoms with Crippen LogP contribution in [0.1, 0.15) is 67.7 Å². The van der Waals surface area contributed by atoms with Crippen LogP contribution < -0.4 is 9.47 Å². The Hall–Kier alpha value is -2.33. The monoisotopic (exact) mass is 408 g/mol. The SMILES string of the molecule is Cc1ccccc1C1CCc2cc(OC3CCC(C(=O)CCCO)CC3)ccc2O1. The van der Waals surface area contributed by atoms with E-state index < -0.39 is 0 Å². The van der Waals surface area contributed by atoms with E-state index in [2.05, 4.69) is 37.3 Å². The molecule has 0 bridgehead atoms. The van der Waals surface area contributed by atoms with Gasteiger partial charge in [0.15, 0.2) is 0 Å². The number of aliphatic hydroxyl groups is 1. The summed E-state index contributed by atoms with van der Waals surface area (Å²) in [6, 6.07) is 14.6. The van der Waals surface area contributed by atoms with Gasteiger partial charge in [-0.1, -0.05) is 24.3 Å². The minimum Gasteiger partial charge on any atom is -0.490 e. The fourth-order valence-corrected chi connectivity index (χ4v) is 4.76. The van der Waals surface area contributed by atoms with E-state index >= 15 is 0 Å². The van der Waals surface area contributed by atoms with Crippen LogP contribution in [0.25, 0.3) is 0 Å². The molecular formula is C26H32O4. The Morgan fingerprint density at radius 1 is 1.10 bits per heavy atom. The van der Waals surface area contributed by atoms with Gasteiger partial charge in [0, 0.05) is 18.9 Å². The molecule has 30 heavy (non-hydrogen) atoms. The maximum atomic E-state index is 12.2. The highest BCUT2D eigenvalue weighted by atomic mass is 16.5. The van der Waals surface area contributed by atoms with Crippen molar-refractivity contribution in [2.75, 3.05) is 6.61 Å². The van der Waals surface area contributed by atoms with Crippen LogP contribution in [0.3, 0.4) is 0 Å². The van der Waals surface area contributed by atoms with Crippen molar-refractivity contribution in [3.63, 3.8) is 0 Å². The summed E-state index contributed by atoms with van der Waals surface area (Å²) < 4.78 is 12.6. The summed E-state index contributed by atoms with van der Waals surface area (Å²) >= 11 is 0. The Balaban J connectivity index is 1.33. The van der Waals surface area contributed by atoms with Gasteiger partial charge in [-0.25, -0.2) is 0 Å². The molecule has 160 valence electrons. The third-order valence-electron chi connectivity index (χ3n) is 6.53. The molecule has 0 radical (unpaired) electrons. The van der Waals surface area contributed by atoms with Gasteiger partial charge in [-0.05, 0) is 86.8 Å². The Bertz CT molecular complexity index is 867. The summed E-state index contributed by atoms with van der Waals surface area (Å²) in [7, 11) is 0. The largest absolute Gasteiger partial charge is 0.490 e. The zero-order valence-electron chi connectivity index (χ0n) is 17.8. The number of aliphatic hydroxyl groups excluding tert-OH is 1. The van der Waals surface area contributed by atoms with Crippen LogP contribution in [-0.4, -0.2) is 23.6 Å². The molecule has 2 aromatic rings. The van der Waals surface area contributed by atoms with Gasteiger partial charge in [-0.3, -0.25) is 4.79 Å². The lowest BCUT2D eigenvalue weighted by atomic mass is 9.83. The maximum Gasteiger partial charge on any atom is 0.136 e. The number of hydrogen-bond acceptors (Lipinski definition) is 4.